The first-order valence-corrected chi connectivity index (χ1v) is 19.7. The average molecular weight is 713 g/mol. The minimum atomic E-state index is -2.64. The molecule has 0 aliphatic heterocycles. The predicted molar refractivity (Wildman–Crippen MR) is 223 cm³/mol. The van der Waals surface area contributed by atoms with Crippen LogP contribution in [0.5, 0.6) is 0 Å². The monoisotopic (exact) mass is 712 g/mol. The molecule has 256 valence electrons. The number of furan rings is 1. The van der Waals surface area contributed by atoms with Gasteiger partial charge in [-0.2, -0.15) is 0 Å². The van der Waals surface area contributed by atoms with Gasteiger partial charge in [0.25, 0.3) is 0 Å². The fraction of sp³-hybridized carbons (Fsp3) is 0.0204. The van der Waals surface area contributed by atoms with Crippen molar-refractivity contribution >= 4 is 57.9 Å². The van der Waals surface area contributed by atoms with E-state index in [0.29, 0.717) is 0 Å². The summed E-state index contributed by atoms with van der Waals surface area (Å²) in [5.41, 5.74) is 14.4. The van der Waals surface area contributed by atoms with Crippen LogP contribution < -0.4 is 15.3 Å². The highest BCUT2D eigenvalue weighted by Gasteiger charge is 2.52. The van der Waals surface area contributed by atoms with E-state index in [1.165, 1.54) is 33.4 Å². The highest BCUT2D eigenvalue weighted by molar-refractivity contribution is 7.55. The van der Waals surface area contributed by atoms with E-state index in [1.807, 2.05) is 72.8 Å². The first kappa shape index (κ1) is 31.0. The summed E-state index contributed by atoms with van der Waals surface area (Å²) in [7, 11) is -2.64. The molecule has 1 heterocycles. The van der Waals surface area contributed by atoms with Gasteiger partial charge in [0.05, 0.1) is 33.6 Å². The van der Waals surface area contributed by atoms with E-state index in [1.54, 1.807) is 0 Å². The number of benzene rings is 8. The molecule has 11 rings (SSSR count). The van der Waals surface area contributed by atoms with Gasteiger partial charge in [0.1, 0.15) is 11.2 Å². The largest absolute Gasteiger partial charge is 0.456 e. The molecule has 0 bridgehead atoms. The first-order chi connectivity index (χ1) is 26.7. The van der Waals surface area contributed by atoms with Crippen LogP contribution in [0.1, 0.15) is 22.3 Å². The summed E-state index contributed by atoms with van der Waals surface area (Å²) in [6, 6.07) is 65.4. The molecular formula is C49H33N2O2P. The second-order valence-electron chi connectivity index (χ2n) is 14.0. The molecule has 0 amide bonds. The van der Waals surface area contributed by atoms with Crippen LogP contribution in [-0.4, -0.2) is 0 Å². The Bertz CT molecular complexity index is 2920. The van der Waals surface area contributed by atoms with Crippen molar-refractivity contribution in [3.05, 3.63) is 210 Å². The van der Waals surface area contributed by atoms with Crippen LogP contribution in [0, 0.1) is 0 Å². The molecule has 1 unspecified atom stereocenters. The molecule has 1 N–H and O–H groups in total. The van der Waals surface area contributed by atoms with Crippen LogP contribution in [0.4, 0.5) is 22.7 Å². The lowest BCUT2D eigenvalue weighted by Gasteiger charge is -2.32. The zero-order valence-corrected chi connectivity index (χ0v) is 30.2. The lowest BCUT2D eigenvalue weighted by molar-refractivity contribution is 0.593. The van der Waals surface area contributed by atoms with Gasteiger partial charge in [0.2, 0.25) is 0 Å². The zero-order valence-electron chi connectivity index (χ0n) is 29.2. The van der Waals surface area contributed by atoms with E-state index >= 15 is 4.57 Å². The molecule has 9 aromatic rings. The van der Waals surface area contributed by atoms with Crippen molar-refractivity contribution in [2.75, 3.05) is 9.99 Å². The Morgan fingerprint density at radius 1 is 0.463 bits per heavy atom. The summed E-state index contributed by atoms with van der Waals surface area (Å²) in [5, 5.41) is 6.63. The topological polar surface area (TPSA) is 45.5 Å². The Hall–Kier alpha value is -6.61. The molecule has 0 fully saturated rings. The number of para-hydroxylation sites is 3. The third kappa shape index (κ3) is 4.29. The number of fused-ring (bicyclic) bond motifs is 13. The van der Waals surface area contributed by atoms with E-state index in [4.69, 9.17) is 4.42 Å². The van der Waals surface area contributed by atoms with Crippen molar-refractivity contribution in [3.8, 4) is 22.3 Å². The molecule has 1 aromatic heterocycles. The van der Waals surface area contributed by atoms with Gasteiger partial charge >= 0.3 is 0 Å². The van der Waals surface area contributed by atoms with Crippen molar-refractivity contribution in [3.63, 3.8) is 0 Å². The van der Waals surface area contributed by atoms with Crippen LogP contribution in [-0.2, 0) is 9.98 Å². The summed E-state index contributed by atoms with van der Waals surface area (Å²) in [5.74, 6) is 0. The molecule has 0 radical (unpaired) electrons. The van der Waals surface area contributed by atoms with E-state index in [-0.39, 0.29) is 0 Å². The Morgan fingerprint density at radius 2 is 1.00 bits per heavy atom. The summed E-state index contributed by atoms with van der Waals surface area (Å²) in [6.45, 7) is 0. The Kier molecular flexibility index (Phi) is 6.86. The molecule has 5 heteroatoms. The fourth-order valence-electron chi connectivity index (χ4n) is 9.17. The van der Waals surface area contributed by atoms with Crippen LogP contribution >= 0.6 is 7.95 Å². The van der Waals surface area contributed by atoms with Gasteiger partial charge in [0, 0.05) is 16.3 Å². The number of anilines is 4. The van der Waals surface area contributed by atoms with Crippen LogP contribution in [0.3, 0.4) is 0 Å². The molecule has 1 spiro atoms. The smallest absolute Gasteiger partial charge is 0.194 e. The summed E-state index contributed by atoms with van der Waals surface area (Å²) in [4.78, 5) is 0. The molecule has 2 aliphatic carbocycles. The minimum Gasteiger partial charge on any atom is -0.456 e. The number of rotatable bonds is 6. The standard InChI is InChI=1S/C49H33N2O2P/c52-54(32-16-2-1-3-17-32)51(43-28-12-11-26-41(43)50-42-27-15-31-46-48(42)36-21-7-13-30-45(36)53-46)44-29-14-25-40-47(44)35-20-6-10-24-39(35)49(40)37-22-8-4-18-33(37)34-19-5-9-23-38(34)49/h1-31,50,54H. The molecule has 0 saturated carbocycles. The third-order valence-electron chi connectivity index (χ3n) is 11.3. The SMILES string of the molecule is O=[PH](c1ccccc1)N(c1ccccc1Nc1cccc2oc3ccccc3c12)c1cccc2c1-c1ccccc1C21c2ccccc2-c2ccccc21. The lowest BCUT2D eigenvalue weighted by Crippen LogP contribution is -2.26. The van der Waals surface area contributed by atoms with Gasteiger partial charge < -0.3 is 9.73 Å². The zero-order chi connectivity index (χ0) is 35.8. The molecule has 0 saturated heterocycles. The van der Waals surface area contributed by atoms with Crippen molar-refractivity contribution in [1.82, 2.24) is 0 Å². The van der Waals surface area contributed by atoms with Gasteiger partial charge in [-0.05, 0) is 87.5 Å². The van der Waals surface area contributed by atoms with Gasteiger partial charge in [-0.25, -0.2) is 0 Å². The summed E-state index contributed by atoms with van der Waals surface area (Å²) < 4.78 is 23.7. The second kappa shape index (κ2) is 12.0. The highest BCUT2D eigenvalue weighted by atomic mass is 31.1. The normalized spacial score (nSPS) is 13.7. The van der Waals surface area contributed by atoms with Gasteiger partial charge in [-0.1, -0.05) is 140 Å². The summed E-state index contributed by atoms with van der Waals surface area (Å²) in [6.07, 6.45) is 0. The van der Waals surface area contributed by atoms with E-state index in [2.05, 4.69) is 125 Å². The second-order valence-corrected chi connectivity index (χ2v) is 15.6. The molecule has 1 atom stereocenters. The van der Waals surface area contributed by atoms with Crippen LogP contribution in [0.15, 0.2) is 192 Å². The number of nitrogens with one attached hydrogen (secondary N) is 1. The maximum atomic E-state index is 15.4. The van der Waals surface area contributed by atoms with Gasteiger partial charge in [0.15, 0.2) is 7.95 Å². The Labute approximate surface area is 313 Å². The van der Waals surface area contributed by atoms with E-state index < -0.39 is 13.4 Å². The molecular weight excluding hydrogens is 680 g/mol. The van der Waals surface area contributed by atoms with E-state index in [9.17, 15) is 0 Å². The molecule has 4 nitrogen and oxygen atoms in total. The van der Waals surface area contributed by atoms with Crippen molar-refractivity contribution in [2.24, 2.45) is 0 Å². The maximum absolute atomic E-state index is 15.4. The first-order valence-electron chi connectivity index (χ1n) is 18.3. The number of nitrogens with zero attached hydrogens (tertiary/aromatic N) is 1. The quantitative estimate of drug-likeness (QED) is 0.174. The van der Waals surface area contributed by atoms with Crippen molar-refractivity contribution in [2.45, 2.75) is 5.41 Å². The molecule has 2 aliphatic rings. The average Bonchev–Trinajstić information content (AvgIpc) is 3.87. The number of hydrogen-bond acceptors (Lipinski definition) is 3. The molecule has 8 aromatic carbocycles. The third-order valence-corrected chi connectivity index (χ3v) is 13.0. The van der Waals surface area contributed by atoms with Crippen LogP contribution in [0.2, 0.25) is 0 Å². The Balaban J connectivity index is 1.17. The fourth-order valence-corrected chi connectivity index (χ4v) is 10.7. The van der Waals surface area contributed by atoms with Crippen molar-refractivity contribution < 1.29 is 8.98 Å². The minimum absolute atomic E-state index is 0.515. The summed E-state index contributed by atoms with van der Waals surface area (Å²) >= 11 is 0. The maximum Gasteiger partial charge on any atom is 0.194 e. The molecule has 54 heavy (non-hydrogen) atoms. The highest BCUT2D eigenvalue weighted by Crippen LogP contribution is 2.65. The van der Waals surface area contributed by atoms with E-state index in [0.717, 1.165) is 61.1 Å². The van der Waals surface area contributed by atoms with Gasteiger partial charge in [-0.15, -0.1) is 0 Å². The van der Waals surface area contributed by atoms with Gasteiger partial charge in [-0.3, -0.25) is 9.24 Å². The predicted octanol–water partition coefficient (Wildman–Crippen LogP) is 12.6. The van der Waals surface area contributed by atoms with Crippen molar-refractivity contribution in [1.29, 1.82) is 0 Å². The van der Waals surface area contributed by atoms with Crippen LogP contribution in [0.25, 0.3) is 44.2 Å². The Morgan fingerprint density at radius 3 is 1.78 bits per heavy atom. The lowest BCUT2D eigenvalue weighted by atomic mass is 9.70. The number of hydrogen-bond donors (Lipinski definition) is 1.